The molecule has 152 valence electrons. The standard InChI is InChI=1S/C19H20N4O6/c1-19(11-22-10-16(23(26)27)20-17(22)29-19)12-28-15-4-2-13(3-5-15)14-6-8-21(9-7-14)18(24)25/h2-6,10H,7-9,11-12H2,1H3,(H,24,25). The molecule has 10 heteroatoms. The predicted molar refractivity (Wildman–Crippen MR) is 102 cm³/mol. The number of nitrogens with zero attached hydrogens (tertiary/aromatic N) is 4. The van der Waals surface area contributed by atoms with Crippen molar-refractivity contribution in [1.29, 1.82) is 0 Å². The van der Waals surface area contributed by atoms with Gasteiger partial charge in [-0.2, -0.15) is 0 Å². The highest BCUT2D eigenvalue weighted by molar-refractivity contribution is 5.71. The first-order valence-corrected chi connectivity index (χ1v) is 9.14. The molecule has 0 saturated heterocycles. The average molecular weight is 400 g/mol. The third kappa shape index (κ3) is 3.86. The molecular formula is C19H20N4O6. The number of rotatable bonds is 5. The first-order valence-electron chi connectivity index (χ1n) is 9.14. The Hall–Kier alpha value is -3.56. The molecule has 0 radical (unpaired) electrons. The summed E-state index contributed by atoms with van der Waals surface area (Å²) in [5.41, 5.74) is 1.49. The summed E-state index contributed by atoms with van der Waals surface area (Å²) in [6, 6.07) is 7.84. The Balaban J connectivity index is 1.34. The molecule has 0 bridgehead atoms. The Morgan fingerprint density at radius 2 is 2.17 bits per heavy atom. The number of fused-ring (bicyclic) bond motifs is 1. The second-order valence-electron chi connectivity index (χ2n) is 7.34. The van der Waals surface area contributed by atoms with Crippen LogP contribution in [0, 0.1) is 10.1 Å². The lowest BCUT2D eigenvalue weighted by atomic mass is 9.99. The van der Waals surface area contributed by atoms with E-state index in [0.717, 1.165) is 11.1 Å². The Kier molecular flexibility index (Phi) is 4.61. The summed E-state index contributed by atoms with van der Waals surface area (Å²) in [6.45, 7) is 3.42. The fraction of sp³-hybridized carbons (Fsp3) is 0.368. The molecule has 0 spiro atoms. The summed E-state index contributed by atoms with van der Waals surface area (Å²) in [4.78, 5) is 26.5. The molecule has 2 aliphatic heterocycles. The van der Waals surface area contributed by atoms with Crippen LogP contribution in [0.3, 0.4) is 0 Å². The fourth-order valence-corrected chi connectivity index (χ4v) is 3.46. The molecule has 2 aliphatic rings. The lowest BCUT2D eigenvalue weighted by Gasteiger charge is -2.24. The Labute approximate surface area is 166 Å². The van der Waals surface area contributed by atoms with Gasteiger partial charge in [0.25, 0.3) is 0 Å². The van der Waals surface area contributed by atoms with Gasteiger partial charge in [0.05, 0.1) is 6.54 Å². The van der Waals surface area contributed by atoms with Crippen molar-refractivity contribution < 1.29 is 24.3 Å². The lowest BCUT2D eigenvalue weighted by molar-refractivity contribution is -0.389. The molecule has 0 saturated carbocycles. The summed E-state index contributed by atoms with van der Waals surface area (Å²) in [7, 11) is 0. The van der Waals surface area contributed by atoms with Crippen molar-refractivity contribution in [3.63, 3.8) is 0 Å². The Bertz CT molecular complexity index is 958. The quantitative estimate of drug-likeness (QED) is 0.605. The zero-order valence-electron chi connectivity index (χ0n) is 15.8. The van der Waals surface area contributed by atoms with Gasteiger partial charge in [-0.15, -0.1) is 0 Å². The van der Waals surface area contributed by atoms with Crippen molar-refractivity contribution >= 4 is 17.5 Å². The van der Waals surface area contributed by atoms with Crippen LogP contribution in [0.25, 0.3) is 5.57 Å². The first kappa shape index (κ1) is 18.8. The topological polar surface area (TPSA) is 120 Å². The summed E-state index contributed by atoms with van der Waals surface area (Å²) >= 11 is 0. The van der Waals surface area contributed by atoms with Crippen molar-refractivity contribution in [2.24, 2.45) is 0 Å². The minimum Gasteiger partial charge on any atom is -0.489 e. The van der Waals surface area contributed by atoms with Crippen LogP contribution in [-0.4, -0.2) is 55.9 Å². The number of aromatic nitrogens is 2. The number of hydrogen-bond acceptors (Lipinski definition) is 6. The molecule has 2 aromatic rings. The minimum atomic E-state index is -0.900. The zero-order chi connectivity index (χ0) is 20.6. The van der Waals surface area contributed by atoms with Crippen molar-refractivity contribution in [1.82, 2.24) is 14.5 Å². The number of hydrogen-bond donors (Lipinski definition) is 1. The van der Waals surface area contributed by atoms with E-state index in [1.165, 1.54) is 11.1 Å². The van der Waals surface area contributed by atoms with Gasteiger partial charge in [0.1, 0.15) is 18.6 Å². The van der Waals surface area contributed by atoms with Gasteiger partial charge in [0.15, 0.2) is 5.60 Å². The van der Waals surface area contributed by atoms with Crippen molar-refractivity contribution in [3.05, 3.63) is 52.2 Å². The van der Waals surface area contributed by atoms with Gasteiger partial charge in [0.2, 0.25) is 0 Å². The van der Waals surface area contributed by atoms with E-state index in [1.807, 2.05) is 37.3 Å². The van der Waals surface area contributed by atoms with E-state index in [1.54, 1.807) is 4.57 Å². The maximum atomic E-state index is 11.0. The van der Waals surface area contributed by atoms with Crippen molar-refractivity contribution in [3.8, 4) is 11.8 Å². The van der Waals surface area contributed by atoms with Crippen LogP contribution < -0.4 is 9.47 Å². The van der Waals surface area contributed by atoms with Crippen LogP contribution in [0.2, 0.25) is 0 Å². The molecule has 29 heavy (non-hydrogen) atoms. The number of benzene rings is 1. The number of imidazole rings is 1. The van der Waals surface area contributed by atoms with Crippen molar-refractivity contribution in [2.45, 2.75) is 25.5 Å². The predicted octanol–water partition coefficient (Wildman–Crippen LogP) is 2.79. The third-order valence-electron chi connectivity index (χ3n) is 5.01. The molecule has 10 nitrogen and oxygen atoms in total. The second kappa shape index (κ2) is 7.12. The molecule has 1 amide bonds. The third-order valence-corrected chi connectivity index (χ3v) is 5.01. The van der Waals surface area contributed by atoms with Gasteiger partial charge in [0, 0.05) is 18.1 Å². The van der Waals surface area contributed by atoms with Gasteiger partial charge in [-0.1, -0.05) is 18.2 Å². The highest BCUT2D eigenvalue weighted by Crippen LogP contribution is 2.32. The lowest BCUT2D eigenvalue weighted by Crippen LogP contribution is -2.38. The largest absolute Gasteiger partial charge is 0.489 e. The molecule has 0 aliphatic carbocycles. The van der Waals surface area contributed by atoms with Gasteiger partial charge in [-0.3, -0.25) is 4.57 Å². The smallest absolute Gasteiger partial charge is 0.415 e. The molecule has 1 unspecified atom stereocenters. The summed E-state index contributed by atoms with van der Waals surface area (Å²) in [5.74, 6) is 0.444. The molecule has 1 N–H and O–H groups in total. The van der Waals surface area contributed by atoms with Crippen molar-refractivity contribution in [2.75, 3.05) is 19.7 Å². The Morgan fingerprint density at radius 1 is 1.41 bits per heavy atom. The van der Waals surface area contributed by atoms with E-state index < -0.39 is 16.6 Å². The summed E-state index contributed by atoms with van der Waals surface area (Å²) < 4.78 is 13.2. The fourth-order valence-electron chi connectivity index (χ4n) is 3.46. The van der Waals surface area contributed by atoms with E-state index in [-0.39, 0.29) is 18.4 Å². The molecule has 1 aromatic carbocycles. The van der Waals surface area contributed by atoms with E-state index in [2.05, 4.69) is 4.98 Å². The normalized spacial score (nSPS) is 20.6. The minimum absolute atomic E-state index is 0.220. The maximum Gasteiger partial charge on any atom is 0.415 e. The molecule has 0 fully saturated rings. The van der Waals surface area contributed by atoms with E-state index >= 15 is 0 Å². The first-order chi connectivity index (χ1) is 13.8. The molecule has 3 heterocycles. The molecule has 1 atom stereocenters. The van der Waals surface area contributed by atoms with Crippen LogP contribution in [0.4, 0.5) is 10.6 Å². The van der Waals surface area contributed by atoms with Gasteiger partial charge in [-0.05, 0) is 41.5 Å². The van der Waals surface area contributed by atoms with E-state index in [9.17, 15) is 14.9 Å². The van der Waals surface area contributed by atoms with E-state index in [0.29, 0.717) is 31.8 Å². The number of ether oxygens (including phenoxy) is 2. The number of carboxylic acid groups (broad SMARTS) is 1. The monoisotopic (exact) mass is 400 g/mol. The van der Waals surface area contributed by atoms with Crippen LogP contribution >= 0.6 is 0 Å². The van der Waals surface area contributed by atoms with Crippen LogP contribution in [-0.2, 0) is 6.54 Å². The number of amides is 1. The molecule has 4 rings (SSSR count). The average Bonchev–Trinajstić information content (AvgIpc) is 3.22. The highest BCUT2D eigenvalue weighted by Gasteiger charge is 2.41. The van der Waals surface area contributed by atoms with Gasteiger partial charge < -0.3 is 29.6 Å². The molecule has 1 aromatic heterocycles. The van der Waals surface area contributed by atoms with Crippen LogP contribution in [0.15, 0.2) is 36.5 Å². The van der Waals surface area contributed by atoms with E-state index in [4.69, 9.17) is 14.6 Å². The van der Waals surface area contributed by atoms with Gasteiger partial charge >= 0.3 is 17.9 Å². The van der Waals surface area contributed by atoms with Crippen LogP contribution in [0.1, 0.15) is 18.9 Å². The van der Waals surface area contributed by atoms with Gasteiger partial charge in [-0.25, -0.2) is 4.79 Å². The zero-order valence-corrected chi connectivity index (χ0v) is 15.8. The second-order valence-corrected chi connectivity index (χ2v) is 7.34. The highest BCUT2D eigenvalue weighted by atomic mass is 16.6. The SMILES string of the molecule is CC1(COc2ccc(C3=CCN(C(=O)O)CC3)cc2)Cn2cc([N+](=O)[O-])nc2O1. The summed E-state index contributed by atoms with van der Waals surface area (Å²) in [6.07, 6.45) is 3.07. The maximum absolute atomic E-state index is 11.0. The summed E-state index contributed by atoms with van der Waals surface area (Å²) in [5, 5.41) is 19.8. The van der Waals surface area contributed by atoms with Crippen LogP contribution in [0.5, 0.6) is 11.8 Å². The number of nitro groups is 1. The molecular weight excluding hydrogens is 380 g/mol. The number of carbonyl (C=O) groups is 1. The Morgan fingerprint density at radius 3 is 2.76 bits per heavy atom.